The minimum atomic E-state index is -0.572. The molecule has 5 heteroatoms. The van der Waals surface area contributed by atoms with E-state index in [0.29, 0.717) is 6.54 Å². The van der Waals surface area contributed by atoms with Crippen molar-refractivity contribution in [2.75, 3.05) is 20.3 Å². The number of hydrogen-bond acceptors (Lipinski definition) is 4. The van der Waals surface area contributed by atoms with Gasteiger partial charge in [0.2, 0.25) is 5.91 Å². The molecule has 1 rings (SSSR count). The summed E-state index contributed by atoms with van der Waals surface area (Å²) < 4.78 is 4.79. The third kappa shape index (κ3) is 4.42. The summed E-state index contributed by atoms with van der Waals surface area (Å²) in [5, 5.41) is 6.86. The molecule has 1 atom stereocenters. The first-order chi connectivity index (χ1) is 7.24. The molecule has 1 amide bonds. The molecule has 1 heterocycles. The second-order valence-corrected chi connectivity index (χ2v) is 4.01. The van der Waals surface area contributed by atoms with Crippen molar-refractivity contribution in [3.63, 3.8) is 0 Å². The van der Waals surface area contributed by atoms with Gasteiger partial charge in [-0.25, -0.2) is 0 Å². The Morgan fingerprint density at radius 2 is 2.53 bits per heavy atom. The molecule has 1 unspecified atom stereocenters. The van der Waals surface area contributed by atoms with Gasteiger partial charge in [-0.1, -0.05) is 0 Å². The smallest absolute Gasteiger partial charge is 0.239 e. The summed E-state index contributed by atoms with van der Waals surface area (Å²) in [5.41, 5.74) is 6.79. The Hall–Kier alpha value is -0.910. The van der Waals surface area contributed by atoms with Crippen LogP contribution in [0.3, 0.4) is 0 Å². The molecule has 4 nitrogen and oxygen atoms in total. The fourth-order valence-corrected chi connectivity index (χ4v) is 1.85. The van der Waals surface area contributed by atoms with Gasteiger partial charge in [0.15, 0.2) is 0 Å². The van der Waals surface area contributed by atoms with Crippen LogP contribution < -0.4 is 11.1 Å². The highest BCUT2D eigenvalue weighted by molar-refractivity contribution is 7.07. The normalized spacial score (nSPS) is 12.4. The van der Waals surface area contributed by atoms with E-state index in [9.17, 15) is 4.79 Å². The van der Waals surface area contributed by atoms with E-state index in [4.69, 9.17) is 10.5 Å². The second-order valence-electron chi connectivity index (χ2n) is 3.23. The van der Waals surface area contributed by atoms with E-state index < -0.39 is 6.04 Å². The zero-order valence-corrected chi connectivity index (χ0v) is 9.55. The Morgan fingerprint density at radius 1 is 1.73 bits per heavy atom. The maximum absolute atomic E-state index is 11.3. The molecule has 0 aliphatic heterocycles. The number of nitrogens with two attached hydrogens (primary N) is 1. The van der Waals surface area contributed by atoms with Crippen molar-refractivity contribution in [3.8, 4) is 0 Å². The number of nitrogens with one attached hydrogen (secondary N) is 1. The molecular weight excluding hydrogens is 212 g/mol. The third-order valence-corrected chi connectivity index (χ3v) is 2.71. The molecule has 0 saturated carbocycles. The Bertz CT molecular complexity index is 288. The van der Waals surface area contributed by atoms with Crippen molar-refractivity contribution in [1.82, 2.24) is 5.32 Å². The molecular formula is C10H16N2O2S. The third-order valence-electron chi connectivity index (χ3n) is 1.98. The van der Waals surface area contributed by atoms with Gasteiger partial charge < -0.3 is 15.8 Å². The topological polar surface area (TPSA) is 64.3 Å². The predicted molar refractivity (Wildman–Crippen MR) is 60.9 cm³/mol. The summed E-state index contributed by atoms with van der Waals surface area (Å²) in [6.07, 6.45) is 0.842. The fraction of sp³-hybridized carbons (Fsp3) is 0.500. The Morgan fingerprint density at radius 3 is 3.13 bits per heavy atom. The predicted octanol–water partition coefficient (Wildman–Crippen LogP) is 0.381. The molecule has 0 spiro atoms. The molecule has 15 heavy (non-hydrogen) atoms. The fourth-order valence-electron chi connectivity index (χ4n) is 1.15. The van der Waals surface area contributed by atoms with Crippen LogP contribution in [0.15, 0.2) is 16.8 Å². The Labute approximate surface area is 93.4 Å². The summed E-state index contributed by atoms with van der Waals surface area (Å²) in [4.78, 5) is 11.3. The van der Waals surface area contributed by atoms with E-state index in [1.165, 1.54) is 12.7 Å². The van der Waals surface area contributed by atoms with Crippen LogP contribution in [0.5, 0.6) is 0 Å². The number of methoxy groups -OCH3 is 1. The lowest BCUT2D eigenvalue weighted by Gasteiger charge is -2.10. The molecule has 84 valence electrons. The van der Waals surface area contributed by atoms with Crippen molar-refractivity contribution >= 4 is 17.2 Å². The molecule has 0 saturated heterocycles. The average molecular weight is 228 g/mol. The number of carbonyl (C=O) groups is 1. The van der Waals surface area contributed by atoms with Gasteiger partial charge in [0, 0.05) is 13.7 Å². The SMILES string of the molecule is COCC(N)C(=O)NCCc1ccsc1. The van der Waals surface area contributed by atoms with E-state index in [2.05, 4.69) is 10.7 Å². The van der Waals surface area contributed by atoms with Gasteiger partial charge >= 0.3 is 0 Å². The minimum Gasteiger partial charge on any atom is -0.383 e. The number of ether oxygens (including phenoxy) is 1. The standard InChI is InChI=1S/C10H16N2O2S/c1-14-6-9(11)10(13)12-4-2-8-3-5-15-7-8/h3,5,7,9H,2,4,6,11H2,1H3,(H,12,13). The average Bonchev–Trinajstić information content (AvgIpc) is 2.71. The molecule has 0 aliphatic carbocycles. The van der Waals surface area contributed by atoms with Crippen LogP contribution in [-0.2, 0) is 16.0 Å². The highest BCUT2D eigenvalue weighted by atomic mass is 32.1. The van der Waals surface area contributed by atoms with Crippen LogP contribution in [0.2, 0.25) is 0 Å². The van der Waals surface area contributed by atoms with Crippen LogP contribution in [0, 0.1) is 0 Å². The van der Waals surface area contributed by atoms with E-state index in [1.54, 1.807) is 11.3 Å². The van der Waals surface area contributed by atoms with E-state index >= 15 is 0 Å². The lowest BCUT2D eigenvalue weighted by molar-refractivity contribution is -0.123. The first-order valence-corrected chi connectivity index (χ1v) is 5.71. The van der Waals surface area contributed by atoms with Crippen LogP contribution in [0.25, 0.3) is 0 Å². The van der Waals surface area contributed by atoms with Crippen molar-refractivity contribution in [1.29, 1.82) is 0 Å². The molecule has 3 N–H and O–H groups in total. The zero-order valence-electron chi connectivity index (χ0n) is 8.73. The summed E-state index contributed by atoms with van der Waals surface area (Å²) in [6, 6.07) is 1.48. The van der Waals surface area contributed by atoms with Gasteiger partial charge in [-0.2, -0.15) is 11.3 Å². The highest BCUT2D eigenvalue weighted by Gasteiger charge is 2.11. The van der Waals surface area contributed by atoms with Gasteiger partial charge in [-0.15, -0.1) is 0 Å². The Kier molecular flexibility index (Phi) is 5.31. The lowest BCUT2D eigenvalue weighted by Crippen LogP contribution is -2.44. The Balaban J connectivity index is 2.17. The molecule has 1 aromatic heterocycles. The molecule has 0 aromatic carbocycles. The van der Waals surface area contributed by atoms with Crippen molar-refractivity contribution in [3.05, 3.63) is 22.4 Å². The van der Waals surface area contributed by atoms with Gasteiger partial charge in [0.25, 0.3) is 0 Å². The highest BCUT2D eigenvalue weighted by Crippen LogP contribution is 2.05. The monoisotopic (exact) mass is 228 g/mol. The number of rotatable bonds is 6. The van der Waals surface area contributed by atoms with E-state index in [-0.39, 0.29) is 12.5 Å². The van der Waals surface area contributed by atoms with Crippen LogP contribution in [-0.4, -0.2) is 32.2 Å². The van der Waals surface area contributed by atoms with E-state index in [0.717, 1.165) is 6.42 Å². The summed E-state index contributed by atoms with van der Waals surface area (Å²) in [6.45, 7) is 0.872. The molecule has 0 fully saturated rings. The maximum Gasteiger partial charge on any atom is 0.239 e. The number of thiophene rings is 1. The zero-order chi connectivity index (χ0) is 11.1. The van der Waals surface area contributed by atoms with Gasteiger partial charge in [0.05, 0.1) is 6.61 Å². The molecule has 0 bridgehead atoms. The van der Waals surface area contributed by atoms with Crippen LogP contribution >= 0.6 is 11.3 Å². The first-order valence-electron chi connectivity index (χ1n) is 4.77. The summed E-state index contributed by atoms with van der Waals surface area (Å²) >= 11 is 1.66. The summed E-state index contributed by atoms with van der Waals surface area (Å²) in [5.74, 6) is -0.160. The molecule has 0 aliphatic rings. The van der Waals surface area contributed by atoms with Crippen LogP contribution in [0.1, 0.15) is 5.56 Å². The summed E-state index contributed by atoms with van der Waals surface area (Å²) in [7, 11) is 1.53. The number of carbonyl (C=O) groups excluding carboxylic acids is 1. The first kappa shape index (κ1) is 12.2. The van der Waals surface area contributed by atoms with Gasteiger partial charge in [0.1, 0.15) is 6.04 Å². The number of hydrogen-bond donors (Lipinski definition) is 2. The second kappa shape index (κ2) is 6.55. The molecule has 0 radical (unpaired) electrons. The quantitative estimate of drug-likeness (QED) is 0.740. The van der Waals surface area contributed by atoms with Crippen molar-refractivity contribution < 1.29 is 9.53 Å². The lowest BCUT2D eigenvalue weighted by atomic mass is 10.2. The number of amides is 1. The molecule has 1 aromatic rings. The van der Waals surface area contributed by atoms with Crippen molar-refractivity contribution in [2.45, 2.75) is 12.5 Å². The van der Waals surface area contributed by atoms with Gasteiger partial charge in [-0.3, -0.25) is 4.79 Å². The van der Waals surface area contributed by atoms with Crippen LogP contribution in [0.4, 0.5) is 0 Å². The van der Waals surface area contributed by atoms with E-state index in [1.807, 2.05) is 11.4 Å². The van der Waals surface area contributed by atoms with Gasteiger partial charge in [-0.05, 0) is 28.8 Å². The largest absolute Gasteiger partial charge is 0.383 e. The van der Waals surface area contributed by atoms with Crippen molar-refractivity contribution in [2.24, 2.45) is 5.73 Å². The maximum atomic E-state index is 11.3. The minimum absolute atomic E-state index is 0.160.